The van der Waals surface area contributed by atoms with Crippen LogP contribution >= 0.6 is 0 Å². The second-order valence-corrected chi connectivity index (χ2v) is 19.9. The van der Waals surface area contributed by atoms with Gasteiger partial charge in [-0.1, -0.05) is 231 Å². The second-order valence-electron chi connectivity index (χ2n) is 19.9. The van der Waals surface area contributed by atoms with E-state index in [1.165, 1.54) is 100 Å². The van der Waals surface area contributed by atoms with Gasteiger partial charge in [-0.15, -0.1) is 0 Å². The molecule has 0 bridgehead atoms. The van der Waals surface area contributed by atoms with Gasteiger partial charge in [0.1, 0.15) is 0 Å². The van der Waals surface area contributed by atoms with E-state index in [1.54, 1.807) is 0 Å². The molecule has 74 heavy (non-hydrogen) atoms. The van der Waals surface area contributed by atoms with Gasteiger partial charge in [-0.2, -0.15) is 0 Å². The number of hydrogen-bond donors (Lipinski definition) is 0. The van der Waals surface area contributed by atoms with Crippen molar-refractivity contribution >= 4 is 44.9 Å². The van der Waals surface area contributed by atoms with Crippen LogP contribution < -0.4 is 9.80 Å². The Balaban J connectivity index is 1.00. The van der Waals surface area contributed by atoms with E-state index in [4.69, 9.17) is 0 Å². The van der Waals surface area contributed by atoms with E-state index in [2.05, 4.69) is 301 Å². The molecule has 0 amide bonds. The minimum absolute atomic E-state index is 0.564. The zero-order valence-corrected chi connectivity index (χ0v) is 40.6. The zero-order chi connectivity index (χ0) is 48.8. The maximum atomic E-state index is 2.54. The summed E-state index contributed by atoms with van der Waals surface area (Å²) in [6, 6.07) is 109. The fraction of sp³-hybridized carbons (Fsp3) is 0.0278. The first-order valence-corrected chi connectivity index (χ1v) is 25.8. The average Bonchev–Trinajstić information content (AvgIpc) is 4.04. The minimum atomic E-state index is -0.610. The van der Waals surface area contributed by atoms with Gasteiger partial charge in [0.25, 0.3) is 0 Å². The third-order valence-electron chi connectivity index (χ3n) is 16.3. The highest BCUT2D eigenvalue weighted by Gasteiger charge is 2.53. The summed E-state index contributed by atoms with van der Waals surface area (Å²) < 4.78 is 0. The number of hydrogen-bond acceptors (Lipinski definition) is 2. The lowest BCUT2D eigenvalue weighted by Crippen LogP contribution is -2.36. The summed E-state index contributed by atoms with van der Waals surface area (Å²) in [5, 5.41) is 2.48. The first-order valence-electron chi connectivity index (χ1n) is 25.8. The zero-order valence-electron chi connectivity index (χ0n) is 40.6. The molecule has 0 N–H and O–H groups in total. The molecule has 346 valence electrons. The molecule has 0 fully saturated rings. The normalized spacial score (nSPS) is 13.9. The van der Waals surface area contributed by atoms with Gasteiger partial charge in [0.2, 0.25) is 0 Å². The van der Waals surface area contributed by atoms with Gasteiger partial charge in [-0.05, 0) is 144 Å². The second kappa shape index (κ2) is 16.5. The van der Waals surface area contributed by atoms with Crippen molar-refractivity contribution in [2.75, 3.05) is 9.80 Å². The highest BCUT2D eigenvalue weighted by Crippen LogP contribution is 2.66. The van der Waals surface area contributed by atoms with Crippen LogP contribution in [-0.2, 0) is 10.8 Å². The fourth-order valence-corrected chi connectivity index (χ4v) is 13.3. The van der Waals surface area contributed by atoms with Crippen LogP contribution in [-0.4, -0.2) is 0 Å². The molecule has 3 aliphatic rings. The largest absolute Gasteiger partial charge is 0.310 e. The molecule has 12 aromatic rings. The smallest absolute Gasteiger partial charge is 0.0755 e. The van der Waals surface area contributed by atoms with Gasteiger partial charge in [-0.3, -0.25) is 0 Å². The van der Waals surface area contributed by atoms with Gasteiger partial charge in [0.05, 0.1) is 27.9 Å². The number of fused-ring (bicyclic) bond motifs is 13. The highest BCUT2D eigenvalue weighted by atomic mass is 15.2. The highest BCUT2D eigenvalue weighted by molar-refractivity contribution is 6.02. The predicted molar refractivity (Wildman–Crippen MR) is 307 cm³/mol. The molecule has 0 saturated heterocycles. The predicted octanol–water partition coefficient (Wildman–Crippen LogP) is 18.5. The Morgan fingerprint density at radius 1 is 0.284 bits per heavy atom. The fourth-order valence-electron chi connectivity index (χ4n) is 13.3. The summed E-state index contributed by atoms with van der Waals surface area (Å²) in [6.07, 6.45) is 0. The van der Waals surface area contributed by atoms with Crippen LogP contribution in [0.25, 0.3) is 44.2 Å². The Bertz CT molecular complexity index is 4050. The maximum absolute atomic E-state index is 2.54. The van der Waals surface area contributed by atoms with E-state index < -0.39 is 10.8 Å². The van der Waals surface area contributed by atoms with Crippen LogP contribution in [0.1, 0.15) is 44.5 Å². The molecule has 2 nitrogen and oxygen atoms in total. The van der Waals surface area contributed by atoms with E-state index in [0.29, 0.717) is 0 Å². The topological polar surface area (TPSA) is 6.48 Å². The Hall–Kier alpha value is -9.50. The van der Waals surface area contributed by atoms with E-state index >= 15 is 0 Å². The van der Waals surface area contributed by atoms with Crippen molar-refractivity contribution in [3.63, 3.8) is 0 Å². The van der Waals surface area contributed by atoms with Crippen molar-refractivity contribution in [2.45, 2.75) is 10.8 Å². The molecule has 2 aliphatic carbocycles. The summed E-state index contributed by atoms with van der Waals surface area (Å²) in [5.74, 6) is 0. The van der Waals surface area contributed by atoms with Crippen molar-refractivity contribution in [3.05, 3.63) is 336 Å². The van der Waals surface area contributed by atoms with E-state index in [1.807, 2.05) is 0 Å². The molecule has 0 radical (unpaired) electrons. The van der Waals surface area contributed by atoms with Crippen LogP contribution in [0.2, 0.25) is 0 Å². The molecule has 0 atom stereocenters. The molecule has 0 unspecified atom stereocenters. The van der Waals surface area contributed by atoms with Crippen LogP contribution in [0.15, 0.2) is 291 Å². The molecule has 1 aliphatic heterocycles. The maximum Gasteiger partial charge on any atom is 0.0755 e. The lowest BCUT2D eigenvalue weighted by Gasteiger charge is -2.45. The molecular formula is C72H48N2. The summed E-state index contributed by atoms with van der Waals surface area (Å²) in [4.78, 5) is 5.00. The molecular weight excluding hydrogens is 893 g/mol. The lowest BCUT2D eigenvalue weighted by atomic mass is 9.64. The number of anilines is 6. The molecule has 1 spiro atoms. The SMILES string of the molecule is c1ccc(N2c3ccccc3C3(c4ccccc4-c4c(N(c5ccc(-c6ccc7ccccc7c6)cc5)c5ccc6c(c5)C(c5ccccc5)(c5ccccc5)c5ccccc5-6)cccc43)c3ccccc32)cc1. The standard InChI is InChI=1S/C72H48N2/c1-4-23-53(24-5-1)71(54-25-6-2-7-26-54)61-31-14-12-29-58(61)59-46-45-57(48-66(59)71)73(56-43-41-50(42-44-56)52-40-39-49-21-10-11-22-51(49)47-52)69-38-20-35-65-70(69)60-30-13-15-32-62(60)72(65)63-33-16-18-36-67(63)74(55-27-8-3-9-28-55)68-37-19-17-34-64(68)72/h1-48H. The van der Waals surface area contributed by atoms with Gasteiger partial charge in [-0.25, -0.2) is 0 Å². The number of nitrogens with zero attached hydrogens (tertiary/aromatic N) is 2. The number of benzene rings is 12. The summed E-state index contributed by atoms with van der Waals surface area (Å²) in [5.41, 5.74) is 23.2. The third kappa shape index (κ3) is 5.94. The Morgan fingerprint density at radius 2 is 0.784 bits per heavy atom. The van der Waals surface area contributed by atoms with E-state index in [9.17, 15) is 0 Å². The van der Waals surface area contributed by atoms with E-state index in [0.717, 1.165) is 22.7 Å². The molecule has 15 rings (SSSR count). The van der Waals surface area contributed by atoms with Gasteiger partial charge in [0, 0.05) is 22.6 Å². The van der Waals surface area contributed by atoms with Gasteiger partial charge < -0.3 is 9.80 Å². The van der Waals surface area contributed by atoms with Crippen molar-refractivity contribution in [2.24, 2.45) is 0 Å². The molecule has 1 heterocycles. The van der Waals surface area contributed by atoms with Gasteiger partial charge in [0.15, 0.2) is 0 Å². The first-order chi connectivity index (χ1) is 36.7. The summed E-state index contributed by atoms with van der Waals surface area (Å²) in [7, 11) is 0. The third-order valence-corrected chi connectivity index (χ3v) is 16.3. The van der Waals surface area contributed by atoms with Crippen LogP contribution in [0, 0.1) is 0 Å². The molecule has 0 aromatic heterocycles. The van der Waals surface area contributed by atoms with E-state index in [-0.39, 0.29) is 0 Å². The van der Waals surface area contributed by atoms with Crippen molar-refractivity contribution < 1.29 is 0 Å². The van der Waals surface area contributed by atoms with Crippen molar-refractivity contribution in [1.29, 1.82) is 0 Å². The first kappa shape index (κ1) is 42.2. The molecule has 12 aromatic carbocycles. The number of rotatable bonds is 7. The Morgan fingerprint density at radius 3 is 1.46 bits per heavy atom. The quantitative estimate of drug-likeness (QED) is 0.157. The summed E-state index contributed by atoms with van der Waals surface area (Å²) in [6.45, 7) is 0. The molecule has 0 saturated carbocycles. The monoisotopic (exact) mass is 940 g/mol. The number of para-hydroxylation sites is 3. The van der Waals surface area contributed by atoms with Crippen LogP contribution in [0.4, 0.5) is 34.1 Å². The Labute approximate surface area is 432 Å². The van der Waals surface area contributed by atoms with Crippen LogP contribution in [0.3, 0.4) is 0 Å². The van der Waals surface area contributed by atoms with Gasteiger partial charge >= 0.3 is 0 Å². The lowest BCUT2D eigenvalue weighted by molar-refractivity contribution is 0.752. The van der Waals surface area contributed by atoms with Crippen LogP contribution in [0.5, 0.6) is 0 Å². The molecule has 2 heteroatoms. The van der Waals surface area contributed by atoms with Crippen molar-refractivity contribution in [1.82, 2.24) is 0 Å². The Kier molecular flexibility index (Phi) is 9.43. The van der Waals surface area contributed by atoms with Crippen molar-refractivity contribution in [3.8, 4) is 33.4 Å². The average molecular weight is 941 g/mol. The minimum Gasteiger partial charge on any atom is -0.310 e. The summed E-state index contributed by atoms with van der Waals surface area (Å²) >= 11 is 0.